The minimum atomic E-state index is -3.77. The highest BCUT2D eigenvalue weighted by molar-refractivity contribution is 7.89. The lowest BCUT2D eigenvalue weighted by Gasteiger charge is -2.15. The largest absolute Gasteiger partial charge is 0.395 e. The van der Waals surface area contributed by atoms with Gasteiger partial charge in [-0.2, -0.15) is 0 Å². The van der Waals surface area contributed by atoms with Crippen molar-refractivity contribution in [3.63, 3.8) is 0 Å². The van der Waals surface area contributed by atoms with Gasteiger partial charge in [0, 0.05) is 7.11 Å². The molecular formula is C10H13Cl2NO4S. The Morgan fingerprint density at radius 1 is 1.39 bits per heavy atom. The first kappa shape index (κ1) is 15.7. The molecule has 18 heavy (non-hydrogen) atoms. The molecule has 0 aliphatic carbocycles. The first-order valence-corrected chi connectivity index (χ1v) is 7.21. The molecule has 0 saturated carbocycles. The van der Waals surface area contributed by atoms with E-state index in [0.29, 0.717) is 0 Å². The fraction of sp³-hybridized carbons (Fsp3) is 0.400. The maximum absolute atomic E-state index is 12.0. The number of hydrogen-bond acceptors (Lipinski definition) is 4. The number of ether oxygens (including phenoxy) is 1. The summed E-state index contributed by atoms with van der Waals surface area (Å²) in [6, 6.07) is 3.25. The Morgan fingerprint density at radius 3 is 2.56 bits per heavy atom. The summed E-state index contributed by atoms with van der Waals surface area (Å²) >= 11 is 11.5. The van der Waals surface area contributed by atoms with Crippen molar-refractivity contribution in [2.75, 3.05) is 20.3 Å². The Morgan fingerprint density at radius 2 is 2.06 bits per heavy atom. The summed E-state index contributed by atoms with van der Waals surface area (Å²) in [6.07, 6.45) is 0. The van der Waals surface area contributed by atoms with Gasteiger partial charge in [0.1, 0.15) is 0 Å². The van der Waals surface area contributed by atoms with Gasteiger partial charge in [-0.05, 0) is 18.2 Å². The number of aliphatic hydroxyl groups is 1. The molecule has 0 aliphatic rings. The molecule has 1 aromatic carbocycles. The highest BCUT2D eigenvalue weighted by atomic mass is 35.5. The summed E-state index contributed by atoms with van der Waals surface area (Å²) in [4.78, 5) is -0.0218. The average molecular weight is 314 g/mol. The van der Waals surface area contributed by atoms with Gasteiger partial charge >= 0.3 is 0 Å². The minimum Gasteiger partial charge on any atom is -0.395 e. The van der Waals surface area contributed by atoms with Crippen molar-refractivity contribution in [2.45, 2.75) is 10.9 Å². The van der Waals surface area contributed by atoms with Gasteiger partial charge in [-0.25, -0.2) is 13.1 Å². The van der Waals surface area contributed by atoms with Crippen LogP contribution in [0.25, 0.3) is 0 Å². The zero-order valence-electron chi connectivity index (χ0n) is 9.56. The maximum atomic E-state index is 12.0. The van der Waals surface area contributed by atoms with Crippen LogP contribution in [0.15, 0.2) is 23.1 Å². The zero-order chi connectivity index (χ0) is 13.8. The molecule has 1 aromatic rings. The fourth-order valence-corrected chi connectivity index (χ4v) is 2.86. The monoisotopic (exact) mass is 313 g/mol. The smallest absolute Gasteiger partial charge is 0.241 e. The lowest BCUT2D eigenvalue weighted by atomic mass is 10.4. The topological polar surface area (TPSA) is 75.6 Å². The van der Waals surface area contributed by atoms with E-state index in [4.69, 9.17) is 33.0 Å². The van der Waals surface area contributed by atoms with E-state index < -0.39 is 16.1 Å². The van der Waals surface area contributed by atoms with Crippen molar-refractivity contribution < 1.29 is 18.3 Å². The molecule has 0 spiro atoms. The van der Waals surface area contributed by atoms with Crippen molar-refractivity contribution >= 4 is 33.2 Å². The molecule has 1 atom stereocenters. The number of sulfonamides is 1. The SMILES string of the molecule is COCC(CO)NS(=O)(=O)c1ccc(Cl)c(Cl)c1. The molecule has 8 heteroatoms. The summed E-state index contributed by atoms with van der Waals surface area (Å²) in [7, 11) is -2.35. The lowest BCUT2D eigenvalue weighted by molar-refractivity contribution is 0.139. The molecule has 0 aromatic heterocycles. The molecule has 0 fully saturated rings. The number of aliphatic hydroxyl groups excluding tert-OH is 1. The van der Waals surface area contributed by atoms with Crippen LogP contribution >= 0.6 is 23.2 Å². The molecule has 0 aliphatic heterocycles. The van der Waals surface area contributed by atoms with Gasteiger partial charge < -0.3 is 9.84 Å². The third-order valence-electron chi connectivity index (χ3n) is 2.11. The molecule has 2 N–H and O–H groups in total. The van der Waals surface area contributed by atoms with Crippen molar-refractivity contribution in [3.05, 3.63) is 28.2 Å². The Hall–Kier alpha value is -0.370. The lowest BCUT2D eigenvalue weighted by Crippen LogP contribution is -2.40. The van der Waals surface area contributed by atoms with E-state index in [0.717, 1.165) is 0 Å². The van der Waals surface area contributed by atoms with Crippen LogP contribution in [0, 0.1) is 0 Å². The van der Waals surface area contributed by atoms with Gasteiger partial charge in [0.05, 0.1) is 34.2 Å². The highest BCUT2D eigenvalue weighted by Crippen LogP contribution is 2.24. The Bertz CT molecular complexity index is 507. The van der Waals surface area contributed by atoms with Crippen LogP contribution in [-0.4, -0.2) is 39.9 Å². The van der Waals surface area contributed by atoms with E-state index >= 15 is 0 Å². The minimum absolute atomic E-state index is 0.0218. The molecular weight excluding hydrogens is 301 g/mol. The summed E-state index contributed by atoms with van der Waals surface area (Å²) in [5, 5.41) is 9.43. The van der Waals surface area contributed by atoms with Crippen molar-refractivity contribution in [1.82, 2.24) is 4.72 Å². The standard InChI is InChI=1S/C10H13Cl2NO4S/c1-17-6-7(5-14)13-18(15,16)8-2-3-9(11)10(12)4-8/h2-4,7,13-14H,5-6H2,1H3. The predicted octanol–water partition coefficient (Wildman–Crippen LogP) is 1.28. The maximum Gasteiger partial charge on any atom is 0.241 e. The van der Waals surface area contributed by atoms with Gasteiger partial charge in [0.25, 0.3) is 0 Å². The van der Waals surface area contributed by atoms with Crippen LogP contribution < -0.4 is 4.72 Å². The van der Waals surface area contributed by atoms with Crippen molar-refractivity contribution in [2.24, 2.45) is 0 Å². The molecule has 5 nitrogen and oxygen atoms in total. The van der Waals surface area contributed by atoms with E-state index in [-0.39, 0.29) is 28.2 Å². The number of methoxy groups -OCH3 is 1. The van der Waals surface area contributed by atoms with Gasteiger partial charge in [-0.3, -0.25) is 0 Å². The van der Waals surface area contributed by atoms with E-state index in [1.807, 2.05) is 0 Å². The van der Waals surface area contributed by atoms with Gasteiger partial charge in [0.15, 0.2) is 0 Å². The van der Waals surface area contributed by atoms with Gasteiger partial charge in [0.2, 0.25) is 10.0 Å². The summed E-state index contributed by atoms with van der Waals surface area (Å²) < 4.78 is 31.0. The number of rotatable bonds is 6. The van der Waals surface area contributed by atoms with Crippen LogP contribution in [0.3, 0.4) is 0 Å². The van der Waals surface area contributed by atoms with E-state index in [2.05, 4.69) is 4.72 Å². The molecule has 1 unspecified atom stereocenters. The van der Waals surface area contributed by atoms with Crippen LogP contribution in [0.1, 0.15) is 0 Å². The van der Waals surface area contributed by atoms with Crippen molar-refractivity contribution in [1.29, 1.82) is 0 Å². The van der Waals surface area contributed by atoms with Crippen molar-refractivity contribution in [3.8, 4) is 0 Å². The number of nitrogens with one attached hydrogen (secondary N) is 1. The molecule has 0 saturated heterocycles. The normalized spacial score (nSPS) is 13.6. The zero-order valence-corrected chi connectivity index (χ0v) is 11.9. The molecule has 102 valence electrons. The second kappa shape index (κ2) is 6.70. The van der Waals surface area contributed by atoms with Crippen LogP contribution in [-0.2, 0) is 14.8 Å². The molecule has 0 heterocycles. The number of halogens is 2. The Kier molecular flexibility index (Phi) is 5.84. The summed E-state index contributed by atoms with van der Waals surface area (Å²) in [5.41, 5.74) is 0. The van der Waals surface area contributed by atoms with Crippen LogP contribution in [0.4, 0.5) is 0 Å². The fourth-order valence-electron chi connectivity index (χ4n) is 1.26. The summed E-state index contributed by atoms with van der Waals surface area (Å²) in [6.45, 7) is -0.300. The molecule has 0 radical (unpaired) electrons. The average Bonchev–Trinajstić information content (AvgIpc) is 2.31. The summed E-state index contributed by atoms with van der Waals surface area (Å²) in [5.74, 6) is 0. The third kappa shape index (κ3) is 4.08. The highest BCUT2D eigenvalue weighted by Gasteiger charge is 2.20. The Labute approximate surface area is 116 Å². The third-order valence-corrected chi connectivity index (χ3v) is 4.37. The second-order valence-corrected chi connectivity index (χ2v) is 6.06. The van der Waals surface area contributed by atoms with E-state index in [1.165, 1.54) is 25.3 Å². The van der Waals surface area contributed by atoms with Gasteiger partial charge in [-0.1, -0.05) is 23.2 Å². The van der Waals surface area contributed by atoms with E-state index in [1.54, 1.807) is 0 Å². The number of benzene rings is 1. The first-order chi connectivity index (χ1) is 8.40. The molecule has 0 amide bonds. The van der Waals surface area contributed by atoms with Gasteiger partial charge in [-0.15, -0.1) is 0 Å². The quantitative estimate of drug-likeness (QED) is 0.829. The molecule has 1 rings (SSSR count). The van der Waals surface area contributed by atoms with Crippen LogP contribution in [0.2, 0.25) is 10.0 Å². The number of hydrogen-bond donors (Lipinski definition) is 2. The van der Waals surface area contributed by atoms with Crippen LogP contribution in [0.5, 0.6) is 0 Å². The first-order valence-electron chi connectivity index (χ1n) is 4.98. The molecule has 0 bridgehead atoms. The van der Waals surface area contributed by atoms with E-state index in [9.17, 15) is 8.42 Å². The second-order valence-electron chi connectivity index (χ2n) is 3.53. The Balaban J connectivity index is 2.95. The predicted molar refractivity (Wildman–Crippen MR) is 69.5 cm³/mol.